The molecule has 56 valence electrons. The van der Waals surface area contributed by atoms with E-state index in [1.807, 2.05) is 19.1 Å². The third-order valence-corrected chi connectivity index (χ3v) is 1.90. The molecule has 0 radical (unpaired) electrons. The maximum atomic E-state index is 4.18. The van der Waals surface area contributed by atoms with E-state index in [9.17, 15) is 0 Å². The summed E-state index contributed by atoms with van der Waals surface area (Å²) in [4.78, 5) is 4.13. The van der Waals surface area contributed by atoms with Gasteiger partial charge in [-0.2, -0.15) is 5.10 Å². The first-order valence-electron chi connectivity index (χ1n) is 3.24. The Morgan fingerprint density at radius 3 is 3.09 bits per heavy atom. The Labute approximate surface area is 72.2 Å². The Bertz CT molecular complexity index is 393. The predicted octanol–water partition coefficient (Wildman–Crippen LogP) is 1.80. The number of hydrogen-bond acceptors (Lipinski definition) is 2. The summed E-state index contributed by atoms with van der Waals surface area (Å²) in [5.41, 5.74) is 1.96. The van der Waals surface area contributed by atoms with E-state index in [-0.39, 0.29) is 0 Å². The molecule has 0 spiro atoms. The van der Waals surface area contributed by atoms with Gasteiger partial charge in [0.15, 0.2) is 5.65 Å². The first kappa shape index (κ1) is 6.79. The van der Waals surface area contributed by atoms with Crippen LogP contribution in [0.15, 0.2) is 22.9 Å². The second-order valence-electron chi connectivity index (χ2n) is 2.32. The Kier molecular flexibility index (Phi) is 1.42. The highest BCUT2D eigenvalue weighted by atomic mass is 79.9. The number of aryl methyl sites for hydroxylation is 1. The molecule has 0 aliphatic rings. The van der Waals surface area contributed by atoms with E-state index in [1.165, 1.54) is 0 Å². The Morgan fingerprint density at radius 1 is 1.55 bits per heavy atom. The quantitative estimate of drug-likeness (QED) is 0.666. The van der Waals surface area contributed by atoms with Crippen LogP contribution in [0.1, 0.15) is 5.69 Å². The molecular formula is C7H6BrN3. The molecule has 0 aliphatic carbocycles. The van der Waals surface area contributed by atoms with Crippen LogP contribution in [0.5, 0.6) is 0 Å². The summed E-state index contributed by atoms with van der Waals surface area (Å²) in [6.45, 7) is 1.99. The first-order chi connectivity index (χ1) is 5.27. The van der Waals surface area contributed by atoms with Crippen LogP contribution in [0.2, 0.25) is 0 Å². The van der Waals surface area contributed by atoms with Crippen molar-refractivity contribution >= 4 is 21.6 Å². The van der Waals surface area contributed by atoms with E-state index in [4.69, 9.17) is 0 Å². The van der Waals surface area contributed by atoms with Crippen molar-refractivity contribution in [2.75, 3.05) is 0 Å². The van der Waals surface area contributed by atoms with Gasteiger partial charge in [-0.1, -0.05) is 0 Å². The number of fused-ring (bicyclic) bond motifs is 1. The molecule has 0 unspecified atom stereocenters. The van der Waals surface area contributed by atoms with Crippen molar-refractivity contribution in [1.29, 1.82) is 0 Å². The summed E-state index contributed by atoms with van der Waals surface area (Å²) in [7, 11) is 0. The van der Waals surface area contributed by atoms with Crippen molar-refractivity contribution in [2.24, 2.45) is 0 Å². The van der Waals surface area contributed by atoms with Crippen LogP contribution in [0.4, 0.5) is 0 Å². The second-order valence-corrected chi connectivity index (χ2v) is 3.14. The Balaban J connectivity index is 2.90. The Morgan fingerprint density at radius 2 is 2.36 bits per heavy atom. The average Bonchev–Trinajstić information content (AvgIpc) is 2.31. The van der Waals surface area contributed by atoms with Crippen LogP contribution in [0, 0.1) is 6.92 Å². The number of nitrogens with zero attached hydrogens (tertiary/aromatic N) is 3. The van der Waals surface area contributed by atoms with E-state index in [1.54, 1.807) is 10.7 Å². The molecule has 0 N–H and O–H groups in total. The zero-order chi connectivity index (χ0) is 7.84. The fraction of sp³-hybridized carbons (Fsp3) is 0.143. The van der Waals surface area contributed by atoms with Crippen LogP contribution in [0.25, 0.3) is 5.65 Å². The van der Waals surface area contributed by atoms with Gasteiger partial charge in [0.2, 0.25) is 0 Å². The van der Waals surface area contributed by atoms with E-state index < -0.39 is 0 Å². The lowest BCUT2D eigenvalue weighted by atomic mass is 10.4. The summed E-state index contributed by atoms with van der Waals surface area (Å²) in [6.07, 6.45) is 1.78. The smallest absolute Gasteiger partial charge is 0.156 e. The standard InChI is InChI=1S/C7H6BrN3/c1-5-2-3-9-7-4-6(8)10-11(5)7/h2-4H,1H3. The summed E-state index contributed by atoms with van der Waals surface area (Å²) < 4.78 is 2.61. The highest BCUT2D eigenvalue weighted by Gasteiger charge is 1.99. The average molecular weight is 212 g/mol. The van der Waals surface area contributed by atoms with Gasteiger partial charge in [0, 0.05) is 18.0 Å². The van der Waals surface area contributed by atoms with Crippen molar-refractivity contribution in [3.05, 3.63) is 28.6 Å². The molecule has 0 saturated carbocycles. The number of aromatic nitrogens is 3. The SMILES string of the molecule is Cc1ccnc2cc(Br)nn12. The molecule has 0 amide bonds. The lowest BCUT2D eigenvalue weighted by molar-refractivity contribution is 0.885. The van der Waals surface area contributed by atoms with Crippen molar-refractivity contribution in [2.45, 2.75) is 6.92 Å². The van der Waals surface area contributed by atoms with Gasteiger partial charge in [0.05, 0.1) is 0 Å². The van der Waals surface area contributed by atoms with E-state index in [2.05, 4.69) is 26.0 Å². The monoisotopic (exact) mass is 211 g/mol. The number of rotatable bonds is 0. The summed E-state index contributed by atoms with van der Waals surface area (Å²) >= 11 is 3.29. The molecular weight excluding hydrogens is 206 g/mol. The zero-order valence-corrected chi connectivity index (χ0v) is 7.54. The molecule has 0 fully saturated rings. The van der Waals surface area contributed by atoms with Gasteiger partial charge >= 0.3 is 0 Å². The van der Waals surface area contributed by atoms with Gasteiger partial charge in [-0.3, -0.25) is 0 Å². The molecule has 0 aromatic carbocycles. The van der Waals surface area contributed by atoms with Crippen LogP contribution in [-0.2, 0) is 0 Å². The maximum Gasteiger partial charge on any atom is 0.156 e. The Hall–Kier alpha value is -0.900. The van der Waals surface area contributed by atoms with E-state index in [0.717, 1.165) is 15.9 Å². The largest absolute Gasteiger partial charge is 0.237 e. The fourth-order valence-corrected chi connectivity index (χ4v) is 1.35. The van der Waals surface area contributed by atoms with Crippen molar-refractivity contribution < 1.29 is 0 Å². The zero-order valence-electron chi connectivity index (χ0n) is 5.95. The molecule has 0 atom stereocenters. The lowest BCUT2D eigenvalue weighted by Gasteiger charge is -1.94. The normalized spacial score (nSPS) is 10.7. The molecule has 3 nitrogen and oxygen atoms in total. The van der Waals surface area contributed by atoms with Gasteiger partial charge in [0.25, 0.3) is 0 Å². The molecule has 0 aliphatic heterocycles. The predicted molar refractivity (Wildman–Crippen MR) is 45.4 cm³/mol. The van der Waals surface area contributed by atoms with Crippen LogP contribution < -0.4 is 0 Å². The molecule has 2 heterocycles. The minimum atomic E-state index is 0.819. The molecule has 11 heavy (non-hydrogen) atoms. The van der Waals surface area contributed by atoms with Gasteiger partial charge in [-0.25, -0.2) is 9.50 Å². The topological polar surface area (TPSA) is 30.2 Å². The number of hydrogen-bond donors (Lipinski definition) is 0. The van der Waals surface area contributed by atoms with E-state index in [0.29, 0.717) is 0 Å². The van der Waals surface area contributed by atoms with Gasteiger partial charge in [-0.15, -0.1) is 0 Å². The van der Waals surface area contributed by atoms with Crippen molar-refractivity contribution in [3.63, 3.8) is 0 Å². The molecule has 2 rings (SSSR count). The van der Waals surface area contributed by atoms with Gasteiger partial charge in [-0.05, 0) is 28.9 Å². The minimum Gasteiger partial charge on any atom is -0.237 e. The van der Waals surface area contributed by atoms with Gasteiger partial charge in [0.1, 0.15) is 4.60 Å². The van der Waals surface area contributed by atoms with Crippen LogP contribution in [-0.4, -0.2) is 14.6 Å². The number of halogens is 1. The third-order valence-electron chi connectivity index (χ3n) is 1.52. The fourth-order valence-electron chi connectivity index (χ4n) is 0.987. The minimum absolute atomic E-state index is 0.819. The lowest BCUT2D eigenvalue weighted by Crippen LogP contribution is -1.93. The highest BCUT2D eigenvalue weighted by Crippen LogP contribution is 2.10. The molecule has 0 saturated heterocycles. The second kappa shape index (κ2) is 2.30. The first-order valence-corrected chi connectivity index (χ1v) is 4.03. The van der Waals surface area contributed by atoms with Crippen molar-refractivity contribution in [1.82, 2.24) is 14.6 Å². The highest BCUT2D eigenvalue weighted by molar-refractivity contribution is 9.10. The van der Waals surface area contributed by atoms with Crippen LogP contribution >= 0.6 is 15.9 Å². The summed E-state index contributed by atoms with van der Waals surface area (Å²) in [6, 6.07) is 3.80. The third kappa shape index (κ3) is 1.03. The van der Waals surface area contributed by atoms with E-state index >= 15 is 0 Å². The van der Waals surface area contributed by atoms with Crippen molar-refractivity contribution in [3.8, 4) is 0 Å². The summed E-state index contributed by atoms with van der Waals surface area (Å²) in [5, 5.41) is 4.18. The van der Waals surface area contributed by atoms with Crippen LogP contribution in [0.3, 0.4) is 0 Å². The summed E-state index contributed by atoms with van der Waals surface area (Å²) in [5.74, 6) is 0. The molecule has 0 bridgehead atoms. The molecule has 2 aromatic rings. The van der Waals surface area contributed by atoms with Gasteiger partial charge < -0.3 is 0 Å². The maximum absolute atomic E-state index is 4.18. The molecule has 2 aromatic heterocycles. The molecule has 4 heteroatoms.